The van der Waals surface area contributed by atoms with Crippen LogP contribution in [0.5, 0.6) is 0 Å². The van der Waals surface area contributed by atoms with Gasteiger partial charge in [-0.2, -0.15) is 0 Å². The van der Waals surface area contributed by atoms with Crippen LogP contribution in [-0.4, -0.2) is 23.0 Å². The molecule has 1 aliphatic heterocycles. The number of benzene rings is 2. The van der Waals surface area contributed by atoms with E-state index in [1.165, 1.54) is 11.1 Å². The third kappa shape index (κ3) is 3.63. The molecule has 0 amide bonds. The minimum Gasteiger partial charge on any atom is -0.550 e. The largest absolute Gasteiger partial charge is 1.00 e. The molecule has 0 aromatic heterocycles. The predicted octanol–water partition coefficient (Wildman–Crippen LogP) is -0.760. The molecule has 3 nitrogen and oxygen atoms in total. The molecule has 0 radical (unpaired) electrons. The average molecular weight is 333 g/mol. The van der Waals surface area contributed by atoms with Gasteiger partial charge < -0.3 is 9.90 Å². The molecule has 1 saturated heterocycles. The summed E-state index contributed by atoms with van der Waals surface area (Å²) >= 11 is 0. The van der Waals surface area contributed by atoms with Crippen molar-refractivity contribution in [3.63, 3.8) is 0 Å². The zero-order valence-corrected chi connectivity index (χ0v) is 17.0. The van der Waals surface area contributed by atoms with Crippen molar-refractivity contribution in [3.8, 4) is 0 Å². The van der Waals surface area contributed by atoms with E-state index in [9.17, 15) is 9.90 Å². The van der Waals surface area contributed by atoms with Gasteiger partial charge in [-0.05, 0) is 25.0 Å². The third-order valence-corrected chi connectivity index (χ3v) is 4.80. The summed E-state index contributed by atoms with van der Waals surface area (Å²) in [6.45, 7) is 4.48. The van der Waals surface area contributed by atoms with Crippen LogP contribution < -0.4 is 56.5 Å². The molecule has 114 valence electrons. The van der Waals surface area contributed by atoms with Gasteiger partial charge in [0.05, 0.1) is 6.04 Å². The molecule has 3 rings (SSSR count). The maximum absolute atomic E-state index is 11.3. The average Bonchev–Trinajstić information content (AvgIpc) is 2.52. The van der Waals surface area contributed by atoms with Gasteiger partial charge in [0, 0.05) is 24.0 Å². The van der Waals surface area contributed by atoms with E-state index in [1.807, 2.05) is 50.2 Å². The maximum atomic E-state index is 11.3. The van der Waals surface area contributed by atoms with Crippen LogP contribution >= 0.6 is 0 Å². The summed E-state index contributed by atoms with van der Waals surface area (Å²) < 4.78 is 0. The van der Waals surface area contributed by atoms with Crippen molar-refractivity contribution in [3.05, 3.63) is 71.8 Å². The number of nitrogens with zero attached hydrogens (tertiary/aromatic N) is 1. The Morgan fingerprint density at radius 3 is 1.83 bits per heavy atom. The zero-order valence-electron chi connectivity index (χ0n) is 13.9. The van der Waals surface area contributed by atoms with Gasteiger partial charge in [0.15, 0.2) is 0 Å². The molecular weight excluding hydrogens is 313 g/mol. The van der Waals surface area contributed by atoms with Crippen LogP contribution in [0.4, 0.5) is 0 Å². The molecule has 1 fully saturated rings. The first-order valence-electron chi connectivity index (χ1n) is 7.59. The quantitative estimate of drug-likeness (QED) is 0.691. The van der Waals surface area contributed by atoms with Gasteiger partial charge in [-0.25, -0.2) is 0 Å². The number of rotatable bonds is 4. The normalized spacial score (nSPS) is 19.7. The van der Waals surface area contributed by atoms with Gasteiger partial charge in [-0.1, -0.05) is 60.7 Å². The summed E-state index contributed by atoms with van der Waals surface area (Å²) in [5, 5.41) is 11.3. The van der Waals surface area contributed by atoms with E-state index in [0.29, 0.717) is 6.54 Å². The van der Waals surface area contributed by atoms with Crippen molar-refractivity contribution in [1.82, 2.24) is 4.90 Å². The van der Waals surface area contributed by atoms with Crippen LogP contribution in [-0.2, 0) is 4.79 Å². The van der Waals surface area contributed by atoms with Crippen LogP contribution in [0.1, 0.15) is 31.0 Å². The van der Waals surface area contributed by atoms with Crippen molar-refractivity contribution in [1.29, 1.82) is 0 Å². The number of carboxylic acids is 1. The second-order valence-electron chi connectivity index (χ2n) is 6.40. The first-order chi connectivity index (χ1) is 10.5. The number of hydrogen-bond acceptors (Lipinski definition) is 3. The Morgan fingerprint density at radius 2 is 1.48 bits per heavy atom. The smallest absolute Gasteiger partial charge is 0.550 e. The fourth-order valence-electron chi connectivity index (χ4n) is 3.37. The van der Waals surface area contributed by atoms with Crippen LogP contribution in [0, 0.1) is 5.92 Å². The number of carbonyl (C=O) groups excluding carboxylic acids is 1. The minimum atomic E-state index is -0.957. The molecule has 1 heterocycles. The summed E-state index contributed by atoms with van der Waals surface area (Å²) in [4.78, 5) is 13.5. The van der Waals surface area contributed by atoms with Gasteiger partial charge in [0.2, 0.25) is 0 Å². The molecule has 2 aromatic rings. The number of aliphatic carboxylic acids is 1. The Morgan fingerprint density at radius 1 is 1.04 bits per heavy atom. The van der Waals surface area contributed by atoms with Crippen LogP contribution in [0.25, 0.3) is 0 Å². The topological polar surface area (TPSA) is 43.4 Å². The summed E-state index contributed by atoms with van der Waals surface area (Å²) in [7, 11) is 0. The van der Waals surface area contributed by atoms with Crippen molar-refractivity contribution < 1.29 is 61.3 Å². The summed E-state index contributed by atoms with van der Waals surface area (Å²) in [5.41, 5.74) is 1.94. The van der Waals surface area contributed by atoms with E-state index in [4.69, 9.17) is 0 Å². The van der Waals surface area contributed by atoms with Crippen molar-refractivity contribution >= 4 is 5.97 Å². The fraction of sp³-hybridized carbons (Fsp3) is 0.316. The van der Waals surface area contributed by atoms with E-state index in [1.54, 1.807) is 0 Å². The molecule has 0 aliphatic carbocycles. The zero-order chi connectivity index (χ0) is 15.7. The van der Waals surface area contributed by atoms with Crippen molar-refractivity contribution in [2.45, 2.75) is 25.4 Å². The Hall–Kier alpha value is -0.494. The monoisotopic (exact) mass is 333 g/mol. The Bertz CT molecular complexity index is 618. The molecule has 2 aromatic carbocycles. The van der Waals surface area contributed by atoms with Crippen LogP contribution in [0.15, 0.2) is 60.7 Å². The maximum Gasteiger partial charge on any atom is 1.00 e. The SMILES string of the molecule is CC1(C)C(C(=O)[O-])CN1C(c1ccccc1)c1ccccc1.[K+]. The van der Waals surface area contributed by atoms with E-state index < -0.39 is 17.4 Å². The molecule has 1 unspecified atom stereocenters. The van der Waals surface area contributed by atoms with E-state index >= 15 is 0 Å². The number of carboxylic acid groups (broad SMARTS) is 1. The first kappa shape index (κ1) is 18.8. The summed E-state index contributed by atoms with van der Waals surface area (Å²) in [6.07, 6.45) is 0. The van der Waals surface area contributed by atoms with Crippen LogP contribution in [0.3, 0.4) is 0 Å². The summed E-state index contributed by atoms with van der Waals surface area (Å²) in [5.74, 6) is -1.39. The van der Waals surface area contributed by atoms with Crippen molar-refractivity contribution in [2.24, 2.45) is 5.92 Å². The fourth-order valence-corrected chi connectivity index (χ4v) is 3.37. The Balaban J connectivity index is 0.00000192. The number of likely N-dealkylation sites (tertiary alicyclic amines) is 1. The molecule has 0 bridgehead atoms. The Labute approximate surface area is 180 Å². The second-order valence-corrected chi connectivity index (χ2v) is 6.40. The van der Waals surface area contributed by atoms with E-state index in [2.05, 4.69) is 29.2 Å². The standard InChI is InChI=1S/C19H21NO2.K/c1-19(2)16(18(21)22)13-20(19)17(14-9-5-3-6-10-14)15-11-7-4-8-12-15;/h3-12,16-17H,13H2,1-2H3,(H,21,22);/q;+1/p-1. The van der Waals surface area contributed by atoms with Gasteiger partial charge in [0.1, 0.15) is 0 Å². The van der Waals surface area contributed by atoms with Gasteiger partial charge in [0.25, 0.3) is 0 Å². The molecule has 23 heavy (non-hydrogen) atoms. The van der Waals surface area contributed by atoms with Gasteiger partial charge in [-0.15, -0.1) is 0 Å². The van der Waals surface area contributed by atoms with E-state index in [0.717, 1.165) is 0 Å². The number of carbonyl (C=O) groups is 1. The molecule has 0 N–H and O–H groups in total. The molecule has 4 heteroatoms. The predicted molar refractivity (Wildman–Crippen MR) is 84.0 cm³/mol. The molecule has 0 spiro atoms. The molecular formula is C19H20KNO2. The van der Waals surface area contributed by atoms with Crippen LogP contribution in [0.2, 0.25) is 0 Å². The van der Waals surface area contributed by atoms with Gasteiger partial charge >= 0.3 is 51.4 Å². The summed E-state index contributed by atoms with van der Waals surface area (Å²) in [6, 6.07) is 20.5. The van der Waals surface area contributed by atoms with Gasteiger partial charge in [-0.3, -0.25) is 4.90 Å². The molecule has 1 atom stereocenters. The Kier molecular flexibility index (Phi) is 6.22. The molecule has 0 saturated carbocycles. The first-order valence-corrected chi connectivity index (χ1v) is 7.59. The van der Waals surface area contributed by atoms with Crippen molar-refractivity contribution in [2.75, 3.05) is 6.54 Å². The number of hydrogen-bond donors (Lipinski definition) is 0. The minimum absolute atomic E-state index is 0. The van der Waals surface area contributed by atoms with E-state index in [-0.39, 0.29) is 57.4 Å². The third-order valence-electron chi connectivity index (χ3n) is 4.80. The molecule has 1 aliphatic rings. The second kappa shape index (κ2) is 7.60.